The highest BCUT2D eigenvalue weighted by Crippen LogP contribution is 2.61. The lowest BCUT2D eigenvalue weighted by atomic mass is 9.46. The lowest BCUT2D eigenvalue weighted by Gasteiger charge is -2.59. The minimum Gasteiger partial charge on any atom is -0.0931 e. The van der Waals surface area contributed by atoms with E-state index < -0.39 is 0 Å². The summed E-state index contributed by atoms with van der Waals surface area (Å²) in [6.07, 6.45) is 7.01. The number of thiocarbonyl (C=S) groups is 2. The molecule has 0 aromatic carbocycles. The maximum Gasteiger partial charge on any atom is 0.00651 e. The van der Waals surface area contributed by atoms with Crippen molar-refractivity contribution in [2.45, 2.75) is 32.1 Å². The Morgan fingerprint density at radius 3 is 2.14 bits per heavy atom. The largest absolute Gasteiger partial charge is 0.0931 e. The third kappa shape index (κ3) is 1.10. The van der Waals surface area contributed by atoms with E-state index in [0.717, 1.165) is 17.8 Å². The van der Waals surface area contributed by atoms with Gasteiger partial charge in [-0.2, -0.15) is 0 Å². The van der Waals surface area contributed by atoms with Gasteiger partial charge in [0.15, 0.2) is 0 Å². The van der Waals surface area contributed by atoms with E-state index in [-0.39, 0.29) is 0 Å². The third-order valence-electron chi connectivity index (χ3n) is 4.83. The van der Waals surface area contributed by atoms with Crippen LogP contribution in [0.25, 0.3) is 0 Å². The molecule has 0 amide bonds. The third-order valence-corrected chi connectivity index (χ3v) is 5.59. The molecule has 0 saturated heterocycles. The average molecular weight is 224 g/mol. The molecule has 4 saturated carbocycles. The van der Waals surface area contributed by atoms with Gasteiger partial charge in [-0.05, 0) is 66.5 Å². The van der Waals surface area contributed by atoms with Gasteiger partial charge in [0.25, 0.3) is 0 Å². The molecule has 2 heteroatoms. The van der Waals surface area contributed by atoms with Crippen molar-refractivity contribution in [1.29, 1.82) is 0 Å². The molecule has 0 heterocycles. The second-order valence-electron chi connectivity index (χ2n) is 5.62. The summed E-state index contributed by atoms with van der Waals surface area (Å²) in [6, 6.07) is 0. The summed E-state index contributed by atoms with van der Waals surface area (Å²) in [4.78, 5) is 0. The number of hydrogen-bond donors (Lipinski definition) is 0. The predicted molar refractivity (Wildman–Crippen MR) is 66.8 cm³/mol. The Morgan fingerprint density at radius 2 is 1.64 bits per heavy atom. The normalized spacial score (nSPS) is 54.6. The van der Waals surface area contributed by atoms with Crippen molar-refractivity contribution in [2.24, 2.45) is 29.1 Å². The SMILES string of the molecule is S=CC1C2CC3CC(C2)CC1(C=S)C3. The number of rotatable bonds is 2. The molecule has 76 valence electrons. The Bertz CT molecular complexity index is 270. The van der Waals surface area contributed by atoms with Crippen LogP contribution in [-0.2, 0) is 0 Å². The van der Waals surface area contributed by atoms with E-state index in [1.165, 1.54) is 32.1 Å². The summed E-state index contributed by atoms with van der Waals surface area (Å²) in [7, 11) is 0. The van der Waals surface area contributed by atoms with Crippen LogP contribution in [0.5, 0.6) is 0 Å². The van der Waals surface area contributed by atoms with Crippen LogP contribution in [0.1, 0.15) is 32.1 Å². The molecule has 0 aliphatic heterocycles. The quantitative estimate of drug-likeness (QED) is 0.659. The Labute approximate surface area is 96.5 Å². The Morgan fingerprint density at radius 1 is 1.00 bits per heavy atom. The van der Waals surface area contributed by atoms with Crippen molar-refractivity contribution in [3.05, 3.63) is 0 Å². The van der Waals surface area contributed by atoms with E-state index in [0.29, 0.717) is 11.3 Å². The topological polar surface area (TPSA) is 0 Å². The summed E-state index contributed by atoms with van der Waals surface area (Å²) in [6.45, 7) is 0. The maximum atomic E-state index is 5.30. The summed E-state index contributed by atoms with van der Waals surface area (Å²) in [5, 5.41) is 4.11. The second-order valence-corrected chi connectivity index (χ2v) is 6.13. The molecule has 0 spiro atoms. The molecule has 14 heavy (non-hydrogen) atoms. The van der Waals surface area contributed by atoms with E-state index in [1.807, 2.05) is 5.37 Å². The van der Waals surface area contributed by atoms with Crippen molar-refractivity contribution in [1.82, 2.24) is 0 Å². The van der Waals surface area contributed by atoms with E-state index in [2.05, 4.69) is 5.37 Å². The van der Waals surface area contributed by atoms with Crippen LogP contribution in [-0.4, -0.2) is 10.7 Å². The molecule has 4 aliphatic rings. The van der Waals surface area contributed by atoms with Crippen molar-refractivity contribution in [3.63, 3.8) is 0 Å². The van der Waals surface area contributed by atoms with Crippen LogP contribution in [0.2, 0.25) is 0 Å². The zero-order chi connectivity index (χ0) is 9.76. The molecule has 0 N–H and O–H groups in total. The van der Waals surface area contributed by atoms with Crippen LogP contribution in [0.15, 0.2) is 0 Å². The molecule has 4 aliphatic carbocycles. The summed E-state index contributed by atoms with van der Waals surface area (Å²) in [5.41, 5.74) is 0.339. The molecule has 4 bridgehead atoms. The standard InChI is InChI=1S/C12H16S2/c13-6-11-10-2-8-1-9(3-10)5-12(11,4-8)7-14/h6-11H,1-5H2. The van der Waals surface area contributed by atoms with Crippen molar-refractivity contribution >= 4 is 35.2 Å². The van der Waals surface area contributed by atoms with Gasteiger partial charge in [-0.25, -0.2) is 0 Å². The van der Waals surface area contributed by atoms with Crippen LogP contribution in [0.3, 0.4) is 0 Å². The Kier molecular flexibility index (Phi) is 2.07. The minimum atomic E-state index is 0.339. The molecule has 3 atom stereocenters. The summed E-state index contributed by atoms with van der Waals surface area (Å²) in [5.74, 6) is 3.44. The van der Waals surface area contributed by atoms with Gasteiger partial charge >= 0.3 is 0 Å². The van der Waals surface area contributed by atoms with Crippen molar-refractivity contribution in [2.75, 3.05) is 0 Å². The molecule has 3 unspecified atom stereocenters. The Balaban J connectivity index is 2.01. The highest BCUT2D eigenvalue weighted by atomic mass is 32.1. The average Bonchev–Trinajstić information content (AvgIpc) is 2.16. The first-order chi connectivity index (χ1) is 6.77. The highest BCUT2D eigenvalue weighted by molar-refractivity contribution is 7.79. The van der Waals surface area contributed by atoms with E-state index in [1.54, 1.807) is 0 Å². The van der Waals surface area contributed by atoms with Gasteiger partial charge in [0.2, 0.25) is 0 Å². The minimum absolute atomic E-state index is 0.339. The first-order valence-corrected chi connectivity index (χ1v) is 6.63. The molecule has 0 aromatic rings. The molecular weight excluding hydrogens is 208 g/mol. The van der Waals surface area contributed by atoms with Crippen molar-refractivity contribution < 1.29 is 0 Å². The lowest BCUT2D eigenvalue weighted by molar-refractivity contribution is -0.0349. The van der Waals surface area contributed by atoms with Gasteiger partial charge in [-0.15, -0.1) is 0 Å². The monoisotopic (exact) mass is 224 g/mol. The smallest absolute Gasteiger partial charge is 0.00651 e. The summed E-state index contributed by atoms with van der Waals surface area (Å²) < 4.78 is 0. The summed E-state index contributed by atoms with van der Waals surface area (Å²) >= 11 is 10.5. The van der Waals surface area contributed by atoms with E-state index >= 15 is 0 Å². The van der Waals surface area contributed by atoms with Crippen LogP contribution in [0.4, 0.5) is 0 Å². The first kappa shape index (κ1) is 9.41. The fourth-order valence-electron chi connectivity index (χ4n) is 4.56. The zero-order valence-electron chi connectivity index (χ0n) is 8.32. The number of hydrogen-bond acceptors (Lipinski definition) is 2. The van der Waals surface area contributed by atoms with Gasteiger partial charge < -0.3 is 0 Å². The second kappa shape index (κ2) is 3.08. The van der Waals surface area contributed by atoms with E-state index in [4.69, 9.17) is 24.4 Å². The molecule has 0 nitrogen and oxygen atoms in total. The molecular formula is C12H16S2. The highest BCUT2D eigenvalue weighted by Gasteiger charge is 2.55. The van der Waals surface area contributed by atoms with Gasteiger partial charge in [-0.3, -0.25) is 0 Å². The van der Waals surface area contributed by atoms with Gasteiger partial charge in [0, 0.05) is 5.41 Å². The van der Waals surface area contributed by atoms with Crippen LogP contribution in [0, 0.1) is 29.1 Å². The predicted octanol–water partition coefficient (Wildman–Crippen LogP) is 3.43. The molecule has 0 aromatic heterocycles. The molecule has 0 radical (unpaired) electrons. The van der Waals surface area contributed by atoms with Gasteiger partial charge in [-0.1, -0.05) is 24.4 Å². The van der Waals surface area contributed by atoms with Crippen LogP contribution < -0.4 is 0 Å². The molecule has 4 fully saturated rings. The first-order valence-electron chi connectivity index (χ1n) is 5.69. The van der Waals surface area contributed by atoms with Crippen molar-refractivity contribution in [3.8, 4) is 0 Å². The Hall–Kier alpha value is 0.180. The van der Waals surface area contributed by atoms with E-state index in [9.17, 15) is 0 Å². The maximum absolute atomic E-state index is 5.30. The fourth-order valence-corrected chi connectivity index (χ4v) is 5.41. The fraction of sp³-hybridized carbons (Fsp3) is 0.833. The lowest BCUT2D eigenvalue weighted by Crippen LogP contribution is -2.53. The van der Waals surface area contributed by atoms with Crippen LogP contribution >= 0.6 is 24.4 Å². The van der Waals surface area contributed by atoms with Gasteiger partial charge in [0.1, 0.15) is 0 Å². The molecule has 4 rings (SSSR count). The van der Waals surface area contributed by atoms with Gasteiger partial charge in [0.05, 0.1) is 0 Å². The zero-order valence-corrected chi connectivity index (χ0v) is 9.95.